The summed E-state index contributed by atoms with van der Waals surface area (Å²) >= 11 is 12.3. The van der Waals surface area contributed by atoms with E-state index in [1.165, 1.54) is 0 Å². The second-order valence-corrected chi connectivity index (χ2v) is 5.93. The standard InChI is InChI=1S/C17H15Cl2N5/c1-11-9-15(21-10-12-5-2-3-8-20-12)23-17(22-11)24-16-13(18)6-4-7-14(16)19/h2-9H,10H2,1H3,(H2,21,22,23,24). The van der Waals surface area contributed by atoms with Crippen molar-refractivity contribution in [3.05, 3.63) is 70.1 Å². The summed E-state index contributed by atoms with van der Waals surface area (Å²) in [6, 6.07) is 12.9. The van der Waals surface area contributed by atoms with Crippen LogP contribution in [0.3, 0.4) is 0 Å². The van der Waals surface area contributed by atoms with Gasteiger partial charge in [-0.2, -0.15) is 4.98 Å². The Morgan fingerprint density at radius 2 is 1.79 bits per heavy atom. The number of hydrogen-bond acceptors (Lipinski definition) is 5. The predicted molar refractivity (Wildman–Crippen MR) is 98.1 cm³/mol. The highest BCUT2D eigenvalue weighted by Gasteiger charge is 2.09. The van der Waals surface area contributed by atoms with Crippen molar-refractivity contribution in [2.75, 3.05) is 10.6 Å². The van der Waals surface area contributed by atoms with Gasteiger partial charge in [-0.05, 0) is 31.2 Å². The molecular weight excluding hydrogens is 345 g/mol. The zero-order valence-corrected chi connectivity index (χ0v) is 14.4. The van der Waals surface area contributed by atoms with E-state index in [2.05, 4.69) is 25.6 Å². The van der Waals surface area contributed by atoms with E-state index in [0.717, 1.165) is 11.4 Å². The Kier molecular flexibility index (Phi) is 5.13. The Balaban J connectivity index is 1.79. The summed E-state index contributed by atoms with van der Waals surface area (Å²) in [5, 5.41) is 7.34. The van der Waals surface area contributed by atoms with Crippen LogP contribution in [0.1, 0.15) is 11.4 Å². The molecule has 24 heavy (non-hydrogen) atoms. The third kappa shape index (κ3) is 4.13. The number of aryl methyl sites for hydroxylation is 1. The Labute approximate surface area is 150 Å². The molecule has 0 spiro atoms. The number of aromatic nitrogens is 3. The van der Waals surface area contributed by atoms with Crippen LogP contribution in [0.2, 0.25) is 10.0 Å². The molecular formula is C17H15Cl2N5. The highest BCUT2D eigenvalue weighted by molar-refractivity contribution is 6.39. The van der Waals surface area contributed by atoms with Crippen molar-refractivity contribution < 1.29 is 0 Å². The minimum Gasteiger partial charge on any atom is -0.364 e. The molecule has 0 atom stereocenters. The third-order valence-electron chi connectivity index (χ3n) is 3.23. The van der Waals surface area contributed by atoms with E-state index in [9.17, 15) is 0 Å². The van der Waals surface area contributed by atoms with Crippen LogP contribution in [0.25, 0.3) is 0 Å². The van der Waals surface area contributed by atoms with Crippen molar-refractivity contribution >= 4 is 40.7 Å². The van der Waals surface area contributed by atoms with Gasteiger partial charge in [0.2, 0.25) is 5.95 Å². The predicted octanol–water partition coefficient (Wildman–Crippen LogP) is 4.84. The lowest BCUT2D eigenvalue weighted by Gasteiger charge is -2.11. The van der Waals surface area contributed by atoms with Gasteiger partial charge >= 0.3 is 0 Å². The van der Waals surface area contributed by atoms with E-state index in [1.807, 2.05) is 31.2 Å². The fraction of sp³-hybridized carbons (Fsp3) is 0.118. The number of para-hydroxylation sites is 1. The number of nitrogens with one attached hydrogen (secondary N) is 2. The van der Waals surface area contributed by atoms with Crippen LogP contribution in [0.4, 0.5) is 17.5 Å². The van der Waals surface area contributed by atoms with E-state index in [1.54, 1.807) is 24.4 Å². The highest BCUT2D eigenvalue weighted by atomic mass is 35.5. The summed E-state index contributed by atoms with van der Waals surface area (Å²) in [6.07, 6.45) is 1.76. The molecule has 0 fully saturated rings. The Bertz CT molecular complexity index is 819. The maximum atomic E-state index is 6.17. The molecule has 0 amide bonds. The average molecular weight is 360 g/mol. The number of hydrogen-bond donors (Lipinski definition) is 2. The molecule has 0 radical (unpaired) electrons. The number of benzene rings is 1. The van der Waals surface area contributed by atoms with Crippen molar-refractivity contribution in [2.45, 2.75) is 13.5 Å². The Morgan fingerprint density at radius 3 is 2.50 bits per heavy atom. The van der Waals surface area contributed by atoms with Gasteiger partial charge in [0.05, 0.1) is 28.0 Å². The van der Waals surface area contributed by atoms with Gasteiger partial charge in [-0.3, -0.25) is 4.98 Å². The number of anilines is 3. The quantitative estimate of drug-likeness (QED) is 0.682. The molecule has 5 nitrogen and oxygen atoms in total. The third-order valence-corrected chi connectivity index (χ3v) is 3.86. The molecule has 2 aromatic heterocycles. The van der Waals surface area contributed by atoms with Crippen molar-refractivity contribution in [3.8, 4) is 0 Å². The van der Waals surface area contributed by atoms with Gasteiger partial charge in [-0.1, -0.05) is 35.3 Å². The Hall–Kier alpha value is -2.37. The van der Waals surface area contributed by atoms with E-state index >= 15 is 0 Å². The topological polar surface area (TPSA) is 62.7 Å². The molecule has 7 heteroatoms. The Morgan fingerprint density at radius 1 is 1.00 bits per heavy atom. The molecule has 0 aliphatic carbocycles. The van der Waals surface area contributed by atoms with Crippen molar-refractivity contribution in [1.29, 1.82) is 0 Å². The largest absolute Gasteiger partial charge is 0.364 e. The molecule has 1 aromatic carbocycles. The number of halogens is 2. The van der Waals surface area contributed by atoms with Crippen LogP contribution in [0.15, 0.2) is 48.7 Å². The van der Waals surface area contributed by atoms with E-state index in [-0.39, 0.29) is 0 Å². The summed E-state index contributed by atoms with van der Waals surface area (Å²) in [5.74, 6) is 1.12. The molecule has 2 heterocycles. The second-order valence-electron chi connectivity index (χ2n) is 5.11. The SMILES string of the molecule is Cc1cc(NCc2ccccn2)nc(Nc2c(Cl)cccc2Cl)n1. The summed E-state index contributed by atoms with van der Waals surface area (Å²) in [6.45, 7) is 2.47. The van der Waals surface area contributed by atoms with Gasteiger partial charge in [0.15, 0.2) is 0 Å². The smallest absolute Gasteiger partial charge is 0.229 e. The van der Waals surface area contributed by atoms with Gasteiger partial charge in [0, 0.05) is 18.0 Å². The molecule has 3 aromatic rings. The van der Waals surface area contributed by atoms with Gasteiger partial charge in [-0.15, -0.1) is 0 Å². The molecule has 0 bridgehead atoms. The summed E-state index contributed by atoms with van der Waals surface area (Å²) in [5.41, 5.74) is 2.33. The highest BCUT2D eigenvalue weighted by Crippen LogP contribution is 2.31. The van der Waals surface area contributed by atoms with Crippen molar-refractivity contribution in [2.24, 2.45) is 0 Å². The first-order valence-electron chi connectivity index (χ1n) is 7.32. The molecule has 0 saturated heterocycles. The van der Waals surface area contributed by atoms with Gasteiger partial charge in [0.25, 0.3) is 0 Å². The van der Waals surface area contributed by atoms with Gasteiger partial charge < -0.3 is 10.6 Å². The lowest BCUT2D eigenvalue weighted by atomic mass is 10.3. The average Bonchev–Trinajstić information content (AvgIpc) is 2.57. The molecule has 0 unspecified atom stereocenters. The van der Waals surface area contributed by atoms with E-state index in [4.69, 9.17) is 23.2 Å². The second kappa shape index (κ2) is 7.47. The minimum atomic E-state index is 0.425. The normalized spacial score (nSPS) is 10.5. The van der Waals surface area contributed by atoms with Crippen LogP contribution >= 0.6 is 23.2 Å². The first-order chi connectivity index (χ1) is 11.6. The molecule has 0 saturated carbocycles. The molecule has 0 aliphatic rings. The maximum absolute atomic E-state index is 6.17. The first kappa shape index (κ1) is 16.5. The molecule has 3 rings (SSSR count). The minimum absolute atomic E-state index is 0.425. The van der Waals surface area contributed by atoms with Crippen molar-refractivity contribution in [1.82, 2.24) is 15.0 Å². The fourth-order valence-corrected chi connectivity index (χ4v) is 2.62. The van der Waals surface area contributed by atoms with Gasteiger partial charge in [-0.25, -0.2) is 4.98 Å². The number of nitrogens with zero attached hydrogens (tertiary/aromatic N) is 3. The van der Waals surface area contributed by atoms with Crippen LogP contribution in [0.5, 0.6) is 0 Å². The summed E-state index contributed by atoms with van der Waals surface area (Å²) in [7, 11) is 0. The van der Waals surface area contributed by atoms with Crippen LogP contribution in [0, 0.1) is 6.92 Å². The van der Waals surface area contributed by atoms with Crippen LogP contribution in [-0.4, -0.2) is 15.0 Å². The zero-order valence-electron chi connectivity index (χ0n) is 12.9. The molecule has 0 aliphatic heterocycles. The van der Waals surface area contributed by atoms with Crippen LogP contribution < -0.4 is 10.6 Å². The lowest BCUT2D eigenvalue weighted by Crippen LogP contribution is -2.06. The van der Waals surface area contributed by atoms with E-state index in [0.29, 0.717) is 34.0 Å². The lowest BCUT2D eigenvalue weighted by molar-refractivity contribution is 1.01. The van der Waals surface area contributed by atoms with E-state index < -0.39 is 0 Å². The maximum Gasteiger partial charge on any atom is 0.229 e. The van der Waals surface area contributed by atoms with Crippen molar-refractivity contribution in [3.63, 3.8) is 0 Å². The summed E-state index contributed by atoms with van der Waals surface area (Å²) < 4.78 is 0. The number of pyridine rings is 1. The number of rotatable bonds is 5. The van der Waals surface area contributed by atoms with Gasteiger partial charge in [0.1, 0.15) is 5.82 Å². The monoisotopic (exact) mass is 359 g/mol. The zero-order chi connectivity index (χ0) is 16.9. The molecule has 122 valence electrons. The summed E-state index contributed by atoms with van der Waals surface area (Å²) in [4.78, 5) is 13.1. The first-order valence-corrected chi connectivity index (χ1v) is 8.08. The molecule has 2 N–H and O–H groups in total. The fourth-order valence-electron chi connectivity index (χ4n) is 2.13. The van der Waals surface area contributed by atoms with Crippen LogP contribution in [-0.2, 0) is 6.54 Å².